The van der Waals surface area contributed by atoms with E-state index in [0.29, 0.717) is 6.20 Å². The van der Waals surface area contributed by atoms with Gasteiger partial charge in [0.1, 0.15) is 11.6 Å². The molecule has 0 saturated heterocycles. The van der Waals surface area contributed by atoms with E-state index in [1.54, 1.807) is 0 Å². The summed E-state index contributed by atoms with van der Waals surface area (Å²) in [6.45, 7) is 0. The number of hydrogen-bond acceptors (Lipinski definition) is 4. The maximum atomic E-state index is 12.8. The van der Waals surface area contributed by atoms with Gasteiger partial charge < -0.3 is 0 Å². The standard InChI is InChI=1S/C7H2F3N3O2/c8-6(9)4-2-12-7(10)3(1-11)5(4)13(14)15/h2,6H. The van der Waals surface area contributed by atoms with Crippen LogP contribution in [0.5, 0.6) is 0 Å². The fraction of sp³-hybridized carbons (Fsp3) is 0.143. The van der Waals surface area contributed by atoms with Gasteiger partial charge in [-0.2, -0.15) is 9.65 Å². The van der Waals surface area contributed by atoms with Crippen molar-refractivity contribution < 1.29 is 18.1 Å². The average Bonchev–Trinajstić information content (AvgIpc) is 2.16. The second-order valence-electron chi connectivity index (χ2n) is 2.40. The molecule has 1 aromatic rings. The summed E-state index contributed by atoms with van der Waals surface area (Å²) in [7, 11) is 0. The predicted molar refractivity (Wildman–Crippen MR) is 40.5 cm³/mol. The topological polar surface area (TPSA) is 79.8 Å². The average molecular weight is 217 g/mol. The molecule has 0 aliphatic rings. The third-order valence-corrected chi connectivity index (χ3v) is 1.56. The second kappa shape index (κ2) is 3.91. The van der Waals surface area contributed by atoms with Gasteiger partial charge >= 0.3 is 5.69 Å². The Kier molecular flexibility index (Phi) is 2.85. The first-order valence-corrected chi connectivity index (χ1v) is 3.50. The highest BCUT2D eigenvalue weighted by molar-refractivity contribution is 5.53. The van der Waals surface area contributed by atoms with Crippen molar-refractivity contribution in [1.82, 2.24) is 4.98 Å². The quantitative estimate of drug-likeness (QED) is 0.430. The predicted octanol–water partition coefficient (Wildman–Crippen LogP) is 1.94. The van der Waals surface area contributed by atoms with E-state index < -0.39 is 34.1 Å². The SMILES string of the molecule is N#Cc1c(F)ncc(C(F)F)c1[N+](=O)[O-]. The van der Waals surface area contributed by atoms with Crippen molar-refractivity contribution in [3.05, 3.63) is 33.4 Å². The minimum atomic E-state index is -3.19. The molecule has 8 heteroatoms. The molecule has 0 N–H and O–H groups in total. The molecular weight excluding hydrogens is 215 g/mol. The van der Waals surface area contributed by atoms with Gasteiger partial charge in [-0.25, -0.2) is 13.8 Å². The smallest absolute Gasteiger partial charge is 0.258 e. The molecule has 0 amide bonds. The number of halogens is 3. The van der Waals surface area contributed by atoms with Crippen molar-refractivity contribution in [2.24, 2.45) is 0 Å². The molecule has 5 nitrogen and oxygen atoms in total. The molecular formula is C7H2F3N3O2. The Morgan fingerprint density at radius 1 is 1.60 bits per heavy atom. The zero-order valence-electron chi connectivity index (χ0n) is 6.95. The Hall–Kier alpha value is -2.17. The minimum absolute atomic E-state index is 0.346. The number of hydrogen-bond donors (Lipinski definition) is 0. The lowest BCUT2D eigenvalue weighted by Gasteiger charge is -2.02. The first-order chi connectivity index (χ1) is 6.99. The summed E-state index contributed by atoms with van der Waals surface area (Å²) >= 11 is 0. The highest BCUT2D eigenvalue weighted by atomic mass is 19.3. The summed E-state index contributed by atoms with van der Waals surface area (Å²) in [4.78, 5) is 12.0. The van der Waals surface area contributed by atoms with Crippen LogP contribution < -0.4 is 0 Å². The van der Waals surface area contributed by atoms with Crippen molar-refractivity contribution in [2.75, 3.05) is 0 Å². The van der Waals surface area contributed by atoms with Gasteiger partial charge in [0, 0.05) is 6.20 Å². The number of nitriles is 1. The lowest BCUT2D eigenvalue weighted by atomic mass is 10.1. The van der Waals surface area contributed by atoms with Gasteiger partial charge in [-0.05, 0) is 0 Å². The van der Waals surface area contributed by atoms with Crippen LogP contribution in [0.15, 0.2) is 6.20 Å². The number of alkyl halides is 2. The molecule has 0 radical (unpaired) electrons. The Labute approximate surface area is 80.9 Å². The third-order valence-electron chi connectivity index (χ3n) is 1.56. The fourth-order valence-corrected chi connectivity index (χ4v) is 0.949. The van der Waals surface area contributed by atoms with Crippen LogP contribution in [-0.2, 0) is 0 Å². The summed E-state index contributed by atoms with van der Waals surface area (Å²) in [6.07, 6.45) is -2.84. The van der Waals surface area contributed by atoms with Gasteiger partial charge in [0.15, 0.2) is 5.56 Å². The zero-order chi connectivity index (χ0) is 11.6. The monoisotopic (exact) mass is 217 g/mol. The van der Waals surface area contributed by atoms with Crippen molar-refractivity contribution in [1.29, 1.82) is 5.26 Å². The molecule has 0 spiro atoms. The molecule has 0 unspecified atom stereocenters. The van der Waals surface area contributed by atoms with Gasteiger partial charge in [-0.15, -0.1) is 0 Å². The number of rotatable bonds is 2. The van der Waals surface area contributed by atoms with E-state index in [9.17, 15) is 23.3 Å². The first kappa shape index (κ1) is 10.9. The first-order valence-electron chi connectivity index (χ1n) is 3.50. The Bertz CT molecular complexity index is 456. The molecule has 0 saturated carbocycles. The molecule has 0 fully saturated rings. The summed E-state index contributed by atoms with van der Waals surface area (Å²) < 4.78 is 37.3. The Morgan fingerprint density at radius 3 is 2.60 bits per heavy atom. The van der Waals surface area contributed by atoms with Crippen LogP contribution in [0.4, 0.5) is 18.9 Å². The van der Waals surface area contributed by atoms with Crippen molar-refractivity contribution >= 4 is 5.69 Å². The van der Waals surface area contributed by atoms with Crippen LogP contribution in [0.25, 0.3) is 0 Å². The van der Waals surface area contributed by atoms with E-state index in [1.807, 2.05) is 0 Å². The highest BCUT2D eigenvalue weighted by Crippen LogP contribution is 2.31. The lowest BCUT2D eigenvalue weighted by Crippen LogP contribution is -2.03. The van der Waals surface area contributed by atoms with Crippen molar-refractivity contribution in [2.45, 2.75) is 6.43 Å². The fourth-order valence-electron chi connectivity index (χ4n) is 0.949. The Morgan fingerprint density at radius 2 is 2.20 bits per heavy atom. The van der Waals surface area contributed by atoms with Gasteiger partial charge in [-0.1, -0.05) is 0 Å². The van der Waals surface area contributed by atoms with Gasteiger partial charge in [-0.3, -0.25) is 10.1 Å². The minimum Gasteiger partial charge on any atom is -0.258 e. The van der Waals surface area contributed by atoms with Gasteiger partial charge in [0.25, 0.3) is 6.43 Å². The normalized spacial score (nSPS) is 10.1. The third kappa shape index (κ3) is 1.85. The number of aromatic nitrogens is 1. The van der Waals surface area contributed by atoms with E-state index in [1.165, 1.54) is 0 Å². The molecule has 0 aliphatic heterocycles. The highest BCUT2D eigenvalue weighted by Gasteiger charge is 2.29. The van der Waals surface area contributed by atoms with E-state index >= 15 is 0 Å². The summed E-state index contributed by atoms with van der Waals surface area (Å²) in [5, 5.41) is 18.8. The molecule has 0 aromatic carbocycles. The van der Waals surface area contributed by atoms with Crippen molar-refractivity contribution in [3.8, 4) is 6.07 Å². The molecule has 78 valence electrons. The molecule has 1 heterocycles. The van der Waals surface area contributed by atoms with E-state index in [0.717, 1.165) is 6.07 Å². The van der Waals surface area contributed by atoms with E-state index in [-0.39, 0.29) is 0 Å². The van der Waals surface area contributed by atoms with Crippen LogP contribution in [0.1, 0.15) is 17.6 Å². The summed E-state index contributed by atoms with van der Waals surface area (Å²) in [5.74, 6) is -1.44. The van der Waals surface area contributed by atoms with Gasteiger partial charge in [0.05, 0.1) is 4.92 Å². The molecule has 0 atom stereocenters. The number of pyridine rings is 1. The molecule has 0 aliphatic carbocycles. The second-order valence-corrected chi connectivity index (χ2v) is 2.40. The van der Waals surface area contributed by atoms with Crippen LogP contribution in [0, 0.1) is 27.4 Å². The molecule has 1 aromatic heterocycles. The number of nitro groups is 1. The summed E-state index contributed by atoms with van der Waals surface area (Å²) in [6, 6.07) is 1.13. The lowest BCUT2D eigenvalue weighted by molar-refractivity contribution is -0.386. The van der Waals surface area contributed by atoms with Crippen LogP contribution in [-0.4, -0.2) is 9.91 Å². The molecule has 0 bridgehead atoms. The van der Waals surface area contributed by atoms with Crippen molar-refractivity contribution in [3.63, 3.8) is 0 Å². The molecule has 1 rings (SSSR count). The van der Waals surface area contributed by atoms with Crippen LogP contribution in [0.3, 0.4) is 0 Å². The number of nitrogens with zero attached hydrogens (tertiary/aromatic N) is 3. The maximum absolute atomic E-state index is 12.8. The van der Waals surface area contributed by atoms with Crippen LogP contribution >= 0.6 is 0 Å². The van der Waals surface area contributed by atoms with E-state index in [4.69, 9.17) is 5.26 Å². The maximum Gasteiger partial charge on any atom is 0.302 e. The molecule has 15 heavy (non-hydrogen) atoms. The zero-order valence-corrected chi connectivity index (χ0v) is 6.95. The summed E-state index contributed by atoms with van der Waals surface area (Å²) in [5.41, 5.74) is -3.39. The largest absolute Gasteiger partial charge is 0.302 e. The Balaban J connectivity index is 3.58. The van der Waals surface area contributed by atoms with E-state index in [2.05, 4.69) is 4.98 Å². The van der Waals surface area contributed by atoms with Crippen LogP contribution in [0.2, 0.25) is 0 Å². The van der Waals surface area contributed by atoms with Gasteiger partial charge in [0.2, 0.25) is 5.95 Å².